The lowest BCUT2D eigenvalue weighted by atomic mass is 9.81. The van der Waals surface area contributed by atoms with Crippen molar-refractivity contribution >= 4 is 11.6 Å². The van der Waals surface area contributed by atoms with Crippen LogP contribution < -0.4 is 9.47 Å². The fraction of sp³-hybridized carbons (Fsp3) is 0.600. The van der Waals surface area contributed by atoms with Gasteiger partial charge in [0.2, 0.25) is 5.91 Å². The quantitative estimate of drug-likeness (QED) is 0.815. The Morgan fingerprint density at radius 2 is 2.04 bits per heavy atom. The summed E-state index contributed by atoms with van der Waals surface area (Å²) in [7, 11) is 3.16. The van der Waals surface area contributed by atoms with Crippen molar-refractivity contribution < 1.29 is 24.2 Å². The molecule has 0 aliphatic carbocycles. The minimum absolute atomic E-state index is 0.0245. The molecule has 148 valence electrons. The molecule has 0 bridgehead atoms. The maximum atomic E-state index is 12.6. The maximum Gasteiger partial charge on any atom is 0.230 e. The Morgan fingerprint density at radius 3 is 2.63 bits per heavy atom. The second-order valence-electron chi connectivity index (χ2n) is 7.88. The fourth-order valence-electron chi connectivity index (χ4n) is 3.71. The highest BCUT2D eigenvalue weighted by atomic mass is 16.6. The first-order valence-corrected chi connectivity index (χ1v) is 9.22. The molecule has 0 radical (unpaired) electrons. The first-order chi connectivity index (χ1) is 12.8. The van der Waals surface area contributed by atoms with Crippen LogP contribution in [0.2, 0.25) is 0 Å². The van der Waals surface area contributed by atoms with Crippen molar-refractivity contribution in [2.45, 2.75) is 38.7 Å². The number of aliphatic hydroxyl groups is 1. The highest BCUT2D eigenvalue weighted by Crippen LogP contribution is 2.41. The molecular formula is C20H28N2O5. The van der Waals surface area contributed by atoms with Crippen molar-refractivity contribution in [2.24, 2.45) is 10.6 Å². The van der Waals surface area contributed by atoms with E-state index in [1.54, 1.807) is 21.0 Å². The van der Waals surface area contributed by atoms with Gasteiger partial charge in [-0.25, -0.2) is 0 Å². The van der Waals surface area contributed by atoms with Crippen LogP contribution in [0.25, 0.3) is 0 Å². The number of carbonyl (C=O) groups is 1. The number of oxime groups is 1. The number of likely N-dealkylation sites (tertiary alicyclic amines) is 1. The van der Waals surface area contributed by atoms with E-state index >= 15 is 0 Å². The molecule has 0 aromatic heterocycles. The summed E-state index contributed by atoms with van der Waals surface area (Å²) in [5.41, 5.74) is 0.567. The molecule has 1 aromatic rings. The van der Waals surface area contributed by atoms with E-state index in [-0.39, 0.29) is 12.5 Å². The lowest BCUT2D eigenvalue weighted by molar-refractivity contribution is -0.145. The number of benzene rings is 1. The van der Waals surface area contributed by atoms with Crippen LogP contribution in [0.4, 0.5) is 0 Å². The summed E-state index contributed by atoms with van der Waals surface area (Å²) in [6, 6.07) is 5.68. The van der Waals surface area contributed by atoms with E-state index in [1.165, 1.54) is 7.11 Å². The van der Waals surface area contributed by atoms with Gasteiger partial charge in [-0.1, -0.05) is 5.16 Å². The standard InChI is InChI=1S/C20H28N2O5/c1-19(2,13-23)18(24)22-9-7-20(8-10-22)12-16(21-26-4)15-6-5-14(25-3)11-17(15)27-20/h5-6,11,23H,7-10,12-13H2,1-4H3. The lowest BCUT2D eigenvalue weighted by Crippen LogP contribution is -2.54. The Hall–Kier alpha value is -2.28. The number of hydrogen-bond donors (Lipinski definition) is 1. The molecule has 3 rings (SSSR count). The zero-order chi connectivity index (χ0) is 19.7. The van der Waals surface area contributed by atoms with Crippen LogP contribution in [0.3, 0.4) is 0 Å². The topological polar surface area (TPSA) is 80.6 Å². The van der Waals surface area contributed by atoms with Crippen molar-refractivity contribution in [3.8, 4) is 11.5 Å². The summed E-state index contributed by atoms with van der Waals surface area (Å²) < 4.78 is 11.7. The third-order valence-corrected chi connectivity index (χ3v) is 5.45. The Balaban J connectivity index is 1.82. The highest BCUT2D eigenvalue weighted by molar-refractivity contribution is 6.04. The Kier molecular flexibility index (Phi) is 5.33. The second kappa shape index (κ2) is 7.38. The molecular weight excluding hydrogens is 348 g/mol. The monoisotopic (exact) mass is 376 g/mol. The van der Waals surface area contributed by atoms with Gasteiger partial charge in [0.05, 0.1) is 24.8 Å². The number of ether oxygens (including phenoxy) is 2. The van der Waals surface area contributed by atoms with Gasteiger partial charge in [0.25, 0.3) is 0 Å². The summed E-state index contributed by atoms with van der Waals surface area (Å²) >= 11 is 0. The number of rotatable bonds is 4. The molecule has 1 fully saturated rings. The molecule has 2 aliphatic heterocycles. The normalized spacial score (nSPS) is 20.2. The third-order valence-electron chi connectivity index (χ3n) is 5.45. The SMILES string of the molecule is CON=C1CC2(CCN(C(=O)C(C)(C)CO)CC2)Oc2cc(OC)ccc21. The first kappa shape index (κ1) is 19.5. The van der Waals surface area contributed by atoms with Crippen molar-refractivity contribution in [1.82, 2.24) is 4.90 Å². The summed E-state index contributed by atoms with van der Waals surface area (Å²) in [6.07, 6.45) is 2.02. The molecule has 0 atom stereocenters. The summed E-state index contributed by atoms with van der Waals surface area (Å²) in [6.45, 7) is 4.54. The van der Waals surface area contributed by atoms with E-state index in [2.05, 4.69) is 5.16 Å². The van der Waals surface area contributed by atoms with Gasteiger partial charge >= 0.3 is 0 Å². The number of carbonyl (C=O) groups excluding carboxylic acids is 1. The van der Waals surface area contributed by atoms with Crippen LogP contribution in [0.5, 0.6) is 11.5 Å². The molecule has 1 amide bonds. The molecule has 1 aromatic carbocycles. The van der Waals surface area contributed by atoms with Crippen molar-refractivity contribution in [2.75, 3.05) is 33.9 Å². The van der Waals surface area contributed by atoms with Gasteiger partial charge in [-0.15, -0.1) is 0 Å². The molecule has 2 aliphatic rings. The van der Waals surface area contributed by atoms with E-state index in [0.717, 1.165) is 22.8 Å². The van der Waals surface area contributed by atoms with Crippen molar-refractivity contribution in [1.29, 1.82) is 0 Å². The van der Waals surface area contributed by atoms with Crippen LogP contribution in [-0.4, -0.2) is 61.1 Å². The number of nitrogens with zero attached hydrogens (tertiary/aromatic N) is 2. The van der Waals surface area contributed by atoms with E-state index in [1.807, 2.05) is 23.1 Å². The molecule has 2 heterocycles. The van der Waals surface area contributed by atoms with E-state index in [9.17, 15) is 9.90 Å². The molecule has 1 spiro atoms. The van der Waals surface area contributed by atoms with Gasteiger partial charge in [0, 0.05) is 44.0 Å². The number of methoxy groups -OCH3 is 1. The summed E-state index contributed by atoms with van der Waals surface area (Å²) in [5.74, 6) is 1.43. The number of piperidine rings is 1. The smallest absolute Gasteiger partial charge is 0.230 e. The molecule has 0 saturated carbocycles. The summed E-state index contributed by atoms with van der Waals surface area (Å²) in [5, 5.41) is 13.7. The molecule has 7 nitrogen and oxygen atoms in total. The minimum Gasteiger partial charge on any atom is -0.497 e. The van der Waals surface area contributed by atoms with Gasteiger partial charge in [0.1, 0.15) is 24.2 Å². The zero-order valence-electron chi connectivity index (χ0n) is 16.4. The molecule has 1 N–H and O–H groups in total. The predicted octanol–water partition coefficient (Wildman–Crippen LogP) is 2.21. The Labute approximate surface area is 159 Å². The fourth-order valence-corrected chi connectivity index (χ4v) is 3.71. The van der Waals surface area contributed by atoms with Crippen LogP contribution >= 0.6 is 0 Å². The van der Waals surface area contributed by atoms with Crippen molar-refractivity contribution in [3.05, 3.63) is 23.8 Å². The Bertz CT molecular complexity index is 736. The zero-order valence-corrected chi connectivity index (χ0v) is 16.4. The molecule has 0 unspecified atom stereocenters. The number of fused-ring (bicyclic) bond motifs is 1. The highest BCUT2D eigenvalue weighted by Gasteiger charge is 2.44. The van der Waals surface area contributed by atoms with E-state index in [0.29, 0.717) is 32.4 Å². The van der Waals surface area contributed by atoms with Gasteiger partial charge in [-0.05, 0) is 26.0 Å². The van der Waals surface area contributed by atoms with Crippen LogP contribution in [0.1, 0.15) is 38.7 Å². The molecule has 7 heteroatoms. The van der Waals surface area contributed by atoms with Gasteiger partial charge in [0.15, 0.2) is 0 Å². The lowest BCUT2D eigenvalue weighted by Gasteiger charge is -2.45. The maximum absolute atomic E-state index is 12.6. The van der Waals surface area contributed by atoms with E-state index in [4.69, 9.17) is 14.3 Å². The van der Waals surface area contributed by atoms with Crippen LogP contribution in [-0.2, 0) is 9.63 Å². The molecule has 27 heavy (non-hydrogen) atoms. The second-order valence-corrected chi connectivity index (χ2v) is 7.88. The predicted molar refractivity (Wildman–Crippen MR) is 101 cm³/mol. The first-order valence-electron chi connectivity index (χ1n) is 9.22. The number of amides is 1. The third kappa shape index (κ3) is 3.74. The Morgan fingerprint density at radius 1 is 1.33 bits per heavy atom. The van der Waals surface area contributed by atoms with Crippen molar-refractivity contribution in [3.63, 3.8) is 0 Å². The number of aliphatic hydroxyl groups excluding tert-OH is 1. The van der Waals surface area contributed by atoms with Crippen LogP contribution in [0.15, 0.2) is 23.4 Å². The molecule has 1 saturated heterocycles. The average Bonchev–Trinajstić information content (AvgIpc) is 2.67. The van der Waals surface area contributed by atoms with Gasteiger partial charge < -0.3 is 24.3 Å². The minimum atomic E-state index is -0.763. The largest absolute Gasteiger partial charge is 0.497 e. The number of hydrogen-bond acceptors (Lipinski definition) is 6. The van der Waals surface area contributed by atoms with Gasteiger partial charge in [-0.3, -0.25) is 4.79 Å². The van der Waals surface area contributed by atoms with Crippen LogP contribution in [0, 0.1) is 5.41 Å². The van der Waals surface area contributed by atoms with E-state index < -0.39 is 11.0 Å². The van der Waals surface area contributed by atoms with Gasteiger partial charge in [-0.2, -0.15) is 0 Å². The summed E-state index contributed by atoms with van der Waals surface area (Å²) in [4.78, 5) is 19.5. The average molecular weight is 376 g/mol.